The van der Waals surface area contributed by atoms with Crippen LogP contribution in [0.25, 0.3) is 11.3 Å². The molecule has 2 aromatic carbocycles. The van der Waals surface area contributed by atoms with Crippen molar-refractivity contribution in [2.75, 3.05) is 20.7 Å². The Morgan fingerprint density at radius 1 is 1.12 bits per heavy atom. The Hall–Kier alpha value is -3.61. The van der Waals surface area contributed by atoms with Crippen LogP contribution in [0.3, 0.4) is 0 Å². The van der Waals surface area contributed by atoms with Gasteiger partial charge in [-0.2, -0.15) is 0 Å². The zero-order chi connectivity index (χ0) is 23.8. The highest BCUT2D eigenvalue weighted by Gasteiger charge is 2.18. The molecule has 7 nitrogen and oxygen atoms in total. The molecular weight excluding hydrogens is 418 g/mol. The molecule has 3 aromatic rings. The molecule has 174 valence electrons. The quantitative estimate of drug-likeness (QED) is 0.498. The van der Waals surface area contributed by atoms with E-state index in [1.54, 1.807) is 20.3 Å². The van der Waals surface area contributed by atoms with E-state index in [4.69, 9.17) is 9.15 Å². The lowest BCUT2D eigenvalue weighted by molar-refractivity contribution is -0.130. The van der Waals surface area contributed by atoms with Gasteiger partial charge in [0.25, 0.3) is 5.91 Å². The van der Waals surface area contributed by atoms with E-state index in [0.717, 1.165) is 11.1 Å². The van der Waals surface area contributed by atoms with E-state index < -0.39 is 0 Å². The number of para-hydroxylation sites is 1. The summed E-state index contributed by atoms with van der Waals surface area (Å²) in [6, 6.07) is 15.3. The van der Waals surface area contributed by atoms with Gasteiger partial charge in [0.2, 0.25) is 5.91 Å². The Kier molecular flexibility index (Phi) is 8.24. The number of hydrogen-bond donors (Lipinski definition) is 1. The smallest absolute Gasteiger partial charge is 0.259 e. The van der Waals surface area contributed by atoms with Crippen molar-refractivity contribution in [3.63, 3.8) is 0 Å². The first-order valence-corrected chi connectivity index (χ1v) is 11.1. The maximum atomic E-state index is 12.7. The van der Waals surface area contributed by atoms with Crippen molar-refractivity contribution in [1.29, 1.82) is 0 Å². The first-order chi connectivity index (χ1) is 15.9. The zero-order valence-corrected chi connectivity index (χ0v) is 19.6. The Balaban J connectivity index is 1.58. The molecule has 3 rings (SSSR count). The van der Waals surface area contributed by atoms with Gasteiger partial charge in [-0.3, -0.25) is 9.59 Å². The molecule has 0 fully saturated rings. The molecule has 0 bridgehead atoms. The van der Waals surface area contributed by atoms with Gasteiger partial charge in [0.1, 0.15) is 5.75 Å². The first kappa shape index (κ1) is 24.0. The minimum atomic E-state index is -0.226. The van der Waals surface area contributed by atoms with Gasteiger partial charge in [-0.05, 0) is 19.4 Å². The summed E-state index contributed by atoms with van der Waals surface area (Å²) in [5.41, 5.74) is 2.98. The van der Waals surface area contributed by atoms with E-state index in [-0.39, 0.29) is 30.9 Å². The van der Waals surface area contributed by atoms with Crippen LogP contribution >= 0.6 is 0 Å². The number of rotatable bonds is 10. The molecule has 1 aromatic heterocycles. The number of carbonyl (C=O) groups excluding carboxylic acids is 2. The van der Waals surface area contributed by atoms with Gasteiger partial charge in [0.15, 0.2) is 18.3 Å². The molecule has 1 atom stereocenters. The highest BCUT2D eigenvalue weighted by Crippen LogP contribution is 2.27. The number of amides is 2. The molecule has 0 aliphatic carbocycles. The van der Waals surface area contributed by atoms with Gasteiger partial charge in [0.05, 0.1) is 12.2 Å². The molecule has 0 aliphatic heterocycles. The van der Waals surface area contributed by atoms with Crippen LogP contribution in [0.4, 0.5) is 0 Å². The van der Waals surface area contributed by atoms with Crippen LogP contribution in [0.1, 0.15) is 42.8 Å². The zero-order valence-electron chi connectivity index (χ0n) is 19.6. The van der Waals surface area contributed by atoms with Crippen LogP contribution in [-0.2, 0) is 16.0 Å². The topological polar surface area (TPSA) is 84.7 Å². The number of hydrogen-bond acceptors (Lipinski definition) is 5. The average molecular weight is 450 g/mol. The Labute approximate surface area is 194 Å². The number of likely N-dealkylation sites (N-methyl/N-ethyl adjacent to an activating group) is 1. The van der Waals surface area contributed by atoms with E-state index in [1.807, 2.05) is 62.4 Å². The van der Waals surface area contributed by atoms with Crippen molar-refractivity contribution >= 4 is 11.8 Å². The molecule has 2 amide bonds. The monoisotopic (exact) mass is 449 g/mol. The third-order valence-corrected chi connectivity index (χ3v) is 5.34. The Bertz CT molecular complexity index is 1070. The van der Waals surface area contributed by atoms with Gasteiger partial charge in [0, 0.05) is 38.1 Å². The van der Waals surface area contributed by atoms with E-state index in [0.29, 0.717) is 30.2 Å². The number of benzene rings is 2. The fourth-order valence-electron chi connectivity index (χ4n) is 3.33. The van der Waals surface area contributed by atoms with Gasteiger partial charge < -0.3 is 19.4 Å². The number of aryl methyl sites for hydroxylation is 2. The molecule has 0 saturated carbocycles. The molecule has 1 N–H and O–H groups in total. The van der Waals surface area contributed by atoms with Crippen molar-refractivity contribution in [2.45, 2.75) is 39.2 Å². The minimum absolute atomic E-state index is 0.0537. The number of ether oxygens (including phenoxy) is 1. The Morgan fingerprint density at radius 3 is 2.55 bits per heavy atom. The highest BCUT2D eigenvalue weighted by molar-refractivity contribution is 5.77. The van der Waals surface area contributed by atoms with E-state index in [2.05, 4.69) is 10.3 Å². The lowest BCUT2D eigenvalue weighted by Gasteiger charge is -2.21. The average Bonchev–Trinajstić information content (AvgIpc) is 3.29. The fraction of sp³-hybridized carbons (Fsp3) is 0.346. The van der Waals surface area contributed by atoms with Crippen LogP contribution < -0.4 is 10.1 Å². The largest absolute Gasteiger partial charge is 0.483 e. The second-order valence-corrected chi connectivity index (χ2v) is 8.13. The van der Waals surface area contributed by atoms with Gasteiger partial charge in [-0.15, -0.1) is 0 Å². The molecule has 0 saturated heterocycles. The normalized spacial score (nSPS) is 11.6. The number of carbonyl (C=O) groups is 2. The number of oxazole rings is 1. The van der Waals surface area contributed by atoms with E-state index in [1.165, 1.54) is 10.5 Å². The van der Waals surface area contributed by atoms with Crippen molar-refractivity contribution in [2.24, 2.45) is 0 Å². The number of nitrogens with one attached hydrogen (secondary N) is 1. The summed E-state index contributed by atoms with van der Waals surface area (Å²) in [5, 5.41) is 3.07. The molecule has 7 heteroatoms. The summed E-state index contributed by atoms with van der Waals surface area (Å²) in [6.45, 7) is 3.97. The van der Waals surface area contributed by atoms with E-state index in [9.17, 15) is 9.59 Å². The summed E-state index contributed by atoms with van der Waals surface area (Å²) in [6.07, 6.45) is 3.04. The predicted molar refractivity (Wildman–Crippen MR) is 127 cm³/mol. The fourth-order valence-corrected chi connectivity index (χ4v) is 3.33. The van der Waals surface area contributed by atoms with Gasteiger partial charge in [-0.1, -0.05) is 55.0 Å². The molecule has 0 spiro atoms. The lowest BCUT2D eigenvalue weighted by Crippen LogP contribution is -2.30. The summed E-state index contributed by atoms with van der Waals surface area (Å²) in [7, 11) is 3.37. The van der Waals surface area contributed by atoms with Gasteiger partial charge >= 0.3 is 0 Å². The lowest BCUT2D eigenvalue weighted by atomic mass is 10.0. The summed E-state index contributed by atoms with van der Waals surface area (Å²) in [4.78, 5) is 30.3. The van der Waals surface area contributed by atoms with E-state index >= 15 is 0 Å². The van der Waals surface area contributed by atoms with Crippen LogP contribution in [-0.4, -0.2) is 42.4 Å². The van der Waals surface area contributed by atoms with Crippen molar-refractivity contribution < 1.29 is 18.7 Å². The van der Waals surface area contributed by atoms with Crippen LogP contribution in [0, 0.1) is 6.92 Å². The standard InChI is InChI=1S/C26H31N3O4/c1-5-21(20-8-6-7-9-22(20)32-17-26(31)29(3)4)28-24(30)14-15-25-27-16-23(33-25)19-12-10-18(2)11-13-19/h6-13,16,21H,5,14-15,17H2,1-4H3,(H,28,30). The Morgan fingerprint density at radius 2 is 1.85 bits per heavy atom. The maximum absolute atomic E-state index is 12.7. The summed E-state index contributed by atoms with van der Waals surface area (Å²) >= 11 is 0. The summed E-state index contributed by atoms with van der Waals surface area (Å²) < 4.78 is 11.6. The molecule has 1 heterocycles. The van der Waals surface area contributed by atoms with Crippen LogP contribution in [0.5, 0.6) is 5.75 Å². The second kappa shape index (κ2) is 11.3. The molecule has 0 radical (unpaired) electrons. The first-order valence-electron chi connectivity index (χ1n) is 11.1. The SMILES string of the molecule is CCC(NC(=O)CCc1ncc(-c2ccc(C)cc2)o1)c1ccccc1OCC(=O)N(C)C. The third kappa shape index (κ3) is 6.68. The number of aromatic nitrogens is 1. The highest BCUT2D eigenvalue weighted by atomic mass is 16.5. The molecule has 33 heavy (non-hydrogen) atoms. The van der Waals surface area contributed by atoms with Crippen molar-refractivity contribution in [1.82, 2.24) is 15.2 Å². The summed E-state index contributed by atoms with van der Waals surface area (Å²) in [5.74, 6) is 1.58. The predicted octanol–water partition coefficient (Wildman–Crippen LogP) is 4.32. The molecular formula is C26H31N3O4. The van der Waals surface area contributed by atoms with Crippen molar-refractivity contribution in [3.05, 3.63) is 71.7 Å². The third-order valence-electron chi connectivity index (χ3n) is 5.34. The second-order valence-electron chi connectivity index (χ2n) is 8.13. The van der Waals surface area contributed by atoms with Gasteiger partial charge in [-0.25, -0.2) is 4.98 Å². The number of nitrogens with zero attached hydrogens (tertiary/aromatic N) is 2. The van der Waals surface area contributed by atoms with Crippen molar-refractivity contribution in [3.8, 4) is 17.1 Å². The molecule has 0 aliphatic rings. The maximum Gasteiger partial charge on any atom is 0.259 e. The van der Waals surface area contributed by atoms with Crippen LogP contribution in [0.2, 0.25) is 0 Å². The molecule has 1 unspecified atom stereocenters. The minimum Gasteiger partial charge on any atom is -0.483 e. The van der Waals surface area contributed by atoms with Crippen LogP contribution in [0.15, 0.2) is 59.1 Å².